The average Bonchev–Trinajstić information content (AvgIpc) is 2.43. The van der Waals surface area contributed by atoms with E-state index in [-0.39, 0.29) is 5.82 Å². The van der Waals surface area contributed by atoms with Crippen LogP contribution in [0.15, 0.2) is 48.8 Å². The van der Waals surface area contributed by atoms with Gasteiger partial charge in [-0.2, -0.15) is 0 Å². The fourth-order valence-electron chi connectivity index (χ4n) is 2.73. The molecule has 1 atom stereocenters. The minimum absolute atomic E-state index is 0.171. The van der Waals surface area contributed by atoms with Crippen LogP contribution in [0.5, 0.6) is 0 Å². The standard InChI is InChI=1S/C17H19FN2/c18-16-6-4-15(5-7-16)17(14-2-1-3-14)20-12-13-8-10-19-11-9-13/h4-11,14,17,20H,1-3,12H2/t17-/m1/s1. The highest BCUT2D eigenvalue weighted by molar-refractivity contribution is 5.22. The Hall–Kier alpha value is -1.74. The molecule has 0 saturated heterocycles. The highest BCUT2D eigenvalue weighted by Crippen LogP contribution is 2.37. The van der Waals surface area contributed by atoms with Crippen molar-refractivity contribution in [3.63, 3.8) is 0 Å². The molecule has 1 fully saturated rings. The third kappa shape index (κ3) is 3.05. The van der Waals surface area contributed by atoms with E-state index in [4.69, 9.17) is 0 Å². The molecule has 1 saturated carbocycles. The number of halogens is 1. The van der Waals surface area contributed by atoms with E-state index < -0.39 is 0 Å². The Morgan fingerprint density at radius 3 is 2.40 bits per heavy atom. The second kappa shape index (κ2) is 6.14. The summed E-state index contributed by atoms with van der Waals surface area (Å²) in [7, 11) is 0. The second-order valence-corrected chi connectivity index (χ2v) is 5.46. The summed E-state index contributed by atoms with van der Waals surface area (Å²) in [5, 5.41) is 3.62. The van der Waals surface area contributed by atoms with Crippen LogP contribution in [0.4, 0.5) is 4.39 Å². The minimum Gasteiger partial charge on any atom is -0.306 e. The van der Waals surface area contributed by atoms with Crippen LogP contribution in [0.25, 0.3) is 0 Å². The molecule has 104 valence electrons. The van der Waals surface area contributed by atoms with Gasteiger partial charge in [-0.1, -0.05) is 18.6 Å². The Bertz CT molecular complexity index is 535. The van der Waals surface area contributed by atoms with Gasteiger partial charge < -0.3 is 5.32 Å². The molecule has 1 heterocycles. The summed E-state index contributed by atoms with van der Waals surface area (Å²) >= 11 is 0. The lowest BCUT2D eigenvalue weighted by Gasteiger charge is -2.35. The SMILES string of the molecule is Fc1ccc([C@H](NCc2ccncc2)C2CCC2)cc1. The van der Waals surface area contributed by atoms with Crippen LogP contribution in [-0.2, 0) is 6.54 Å². The summed E-state index contributed by atoms with van der Waals surface area (Å²) in [6, 6.07) is 11.3. The van der Waals surface area contributed by atoms with Gasteiger partial charge in [-0.25, -0.2) is 4.39 Å². The van der Waals surface area contributed by atoms with E-state index in [1.165, 1.54) is 30.4 Å². The zero-order valence-corrected chi connectivity index (χ0v) is 11.4. The molecule has 0 spiro atoms. The zero-order chi connectivity index (χ0) is 13.8. The summed E-state index contributed by atoms with van der Waals surface area (Å²) in [5.41, 5.74) is 2.41. The van der Waals surface area contributed by atoms with E-state index in [2.05, 4.69) is 10.3 Å². The van der Waals surface area contributed by atoms with Crippen LogP contribution >= 0.6 is 0 Å². The van der Waals surface area contributed by atoms with Crippen molar-refractivity contribution in [1.82, 2.24) is 10.3 Å². The molecule has 2 nitrogen and oxygen atoms in total. The van der Waals surface area contributed by atoms with Crippen molar-refractivity contribution in [2.75, 3.05) is 0 Å². The molecule has 1 aromatic heterocycles. The lowest BCUT2D eigenvalue weighted by Crippen LogP contribution is -2.31. The first-order chi connectivity index (χ1) is 9.83. The molecule has 0 radical (unpaired) electrons. The zero-order valence-electron chi connectivity index (χ0n) is 11.4. The van der Waals surface area contributed by atoms with Crippen molar-refractivity contribution in [1.29, 1.82) is 0 Å². The Kier molecular flexibility index (Phi) is 4.07. The summed E-state index contributed by atoms with van der Waals surface area (Å²) in [6.45, 7) is 0.820. The molecule has 1 aliphatic rings. The highest BCUT2D eigenvalue weighted by atomic mass is 19.1. The van der Waals surface area contributed by atoms with Crippen molar-refractivity contribution in [3.8, 4) is 0 Å². The van der Waals surface area contributed by atoms with Gasteiger partial charge in [-0.05, 0) is 54.2 Å². The van der Waals surface area contributed by atoms with Gasteiger partial charge in [0.15, 0.2) is 0 Å². The molecule has 20 heavy (non-hydrogen) atoms. The number of nitrogens with one attached hydrogen (secondary N) is 1. The Morgan fingerprint density at radius 1 is 1.10 bits per heavy atom. The van der Waals surface area contributed by atoms with E-state index >= 15 is 0 Å². The van der Waals surface area contributed by atoms with Crippen molar-refractivity contribution in [3.05, 3.63) is 65.7 Å². The van der Waals surface area contributed by atoms with Gasteiger partial charge >= 0.3 is 0 Å². The molecule has 0 unspecified atom stereocenters. The van der Waals surface area contributed by atoms with Gasteiger partial charge in [0.05, 0.1) is 0 Å². The quantitative estimate of drug-likeness (QED) is 0.892. The second-order valence-electron chi connectivity index (χ2n) is 5.46. The number of hydrogen-bond donors (Lipinski definition) is 1. The largest absolute Gasteiger partial charge is 0.306 e. The predicted molar refractivity (Wildman–Crippen MR) is 77.6 cm³/mol. The molecule has 1 aromatic carbocycles. The lowest BCUT2D eigenvalue weighted by atomic mass is 9.77. The van der Waals surface area contributed by atoms with Crippen LogP contribution in [0.1, 0.15) is 36.4 Å². The van der Waals surface area contributed by atoms with Gasteiger partial charge in [0.25, 0.3) is 0 Å². The Morgan fingerprint density at radius 2 is 1.80 bits per heavy atom. The topological polar surface area (TPSA) is 24.9 Å². The first kappa shape index (κ1) is 13.3. The van der Waals surface area contributed by atoms with E-state index in [1.54, 1.807) is 12.1 Å². The van der Waals surface area contributed by atoms with Gasteiger partial charge in [0, 0.05) is 25.0 Å². The number of rotatable bonds is 5. The Balaban J connectivity index is 1.71. The fourth-order valence-corrected chi connectivity index (χ4v) is 2.73. The van der Waals surface area contributed by atoms with Crippen LogP contribution in [-0.4, -0.2) is 4.98 Å². The van der Waals surface area contributed by atoms with Gasteiger partial charge in [0.2, 0.25) is 0 Å². The number of aromatic nitrogens is 1. The molecule has 3 rings (SSSR count). The third-order valence-electron chi connectivity index (χ3n) is 4.13. The maximum absolute atomic E-state index is 13.1. The third-order valence-corrected chi connectivity index (χ3v) is 4.13. The highest BCUT2D eigenvalue weighted by Gasteiger charge is 2.28. The maximum Gasteiger partial charge on any atom is 0.123 e. The summed E-state index contributed by atoms with van der Waals surface area (Å²) < 4.78 is 13.1. The van der Waals surface area contributed by atoms with Crippen LogP contribution < -0.4 is 5.32 Å². The average molecular weight is 270 g/mol. The van der Waals surface area contributed by atoms with Gasteiger partial charge in [-0.3, -0.25) is 4.98 Å². The van der Waals surface area contributed by atoms with Crippen molar-refractivity contribution >= 4 is 0 Å². The number of pyridine rings is 1. The predicted octanol–water partition coefficient (Wildman–Crippen LogP) is 3.85. The van der Waals surface area contributed by atoms with E-state index in [1.807, 2.05) is 36.7 Å². The number of hydrogen-bond acceptors (Lipinski definition) is 2. The fraction of sp³-hybridized carbons (Fsp3) is 0.353. The maximum atomic E-state index is 13.1. The monoisotopic (exact) mass is 270 g/mol. The molecule has 1 N–H and O–H groups in total. The van der Waals surface area contributed by atoms with Gasteiger partial charge in [-0.15, -0.1) is 0 Å². The summed E-state index contributed by atoms with van der Waals surface area (Å²) in [6.07, 6.45) is 7.44. The lowest BCUT2D eigenvalue weighted by molar-refractivity contribution is 0.229. The summed E-state index contributed by atoms with van der Waals surface area (Å²) in [5.74, 6) is 0.498. The van der Waals surface area contributed by atoms with E-state index in [9.17, 15) is 4.39 Å². The minimum atomic E-state index is -0.171. The first-order valence-electron chi connectivity index (χ1n) is 7.21. The molecule has 1 aliphatic carbocycles. The van der Waals surface area contributed by atoms with Crippen molar-refractivity contribution in [2.24, 2.45) is 5.92 Å². The molecular formula is C17H19FN2. The van der Waals surface area contributed by atoms with Crippen LogP contribution in [0, 0.1) is 11.7 Å². The van der Waals surface area contributed by atoms with E-state index in [0.29, 0.717) is 12.0 Å². The molecule has 0 amide bonds. The van der Waals surface area contributed by atoms with Crippen LogP contribution in [0.3, 0.4) is 0 Å². The molecule has 3 heteroatoms. The summed E-state index contributed by atoms with van der Waals surface area (Å²) in [4.78, 5) is 4.03. The number of benzene rings is 1. The normalized spacial score (nSPS) is 16.6. The number of nitrogens with zero attached hydrogens (tertiary/aromatic N) is 1. The first-order valence-corrected chi connectivity index (χ1v) is 7.21. The molecular weight excluding hydrogens is 251 g/mol. The van der Waals surface area contributed by atoms with Crippen molar-refractivity contribution < 1.29 is 4.39 Å². The molecule has 2 aromatic rings. The van der Waals surface area contributed by atoms with Crippen LogP contribution in [0.2, 0.25) is 0 Å². The molecule has 0 bridgehead atoms. The smallest absolute Gasteiger partial charge is 0.123 e. The van der Waals surface area contributed by atoms with Crippen molar-refractivity contribution in [2.45, 2.75) is 31.8 Å². The Labute approximate surface area is 119 Å². The van der Waals surface area contributed by atoms with Gasteiger partial charge in [0.1, 0.15) is 5.82 Å². The molecule has 0 aliphatic heterocycles. The van der Waals surface area contributed by atoms with E-state index in [0.717, 1.165) is 6.54 Å².